The maximum atomic E-state index is 11.8. The summed E-state index contributed by atoms with van der Waals surface area (Å²) in [5.74, 6) is -0.0123. The molecule has 1 atom stereocenters. The van der Waals surface area contributed by atoms with Crippen molar-refractivity contribution in [2.75, 3.05) is 25.5 Å². The van der Waals surface area contributed by atoms with E-state index in [0.29, 0.717) is 12.6 Å². The molecule has 1 N–H and O–H groups in total. The van der Waals surface area contributed by atoms with E-state index in [2.05, 4.69) is 5.32 Å². The molecular formula is C10H18F3NOS. The van der Waals surface area contributed by atoms with Crippen LogP contribution in [0, 0.1) is 0 Å². The molecule has 0 aromatic rings. The van der Waals surface area contributed by atoms with Crippen LogP contribution in [0.3, 0.4) is 0 Å². The smallest absolute Gasteiger partial charge is 0.381 e. The van der Waals surface area contributed by atoms with Crippen LogP contribution in [-0.4, -0.2) is 37.1 Å². The Morgan fingerprint density at radius 3 is 2.69 bits per heavy atom. The largest absolute Gasteiger partial charge is 0.441 e. The van der Waals surface area contributed by atoms with E-state index in [-0.39, 0.29) is 24.1 Å². The fraction of sp³-hybridized carbons (Fsp3) is 1.00. The summed E-state index contributed by atoms with van der Waals surface area (Å²) in [4.78, 5) is 0. The highest BCUT2D eigenvalue weighted by molar-refractivity contribution is 8.00. The monoisotopic (exact) mass is 257 g/mol. The van der Waals surface area contributed by atoms with Gasteiger partial charge in [-0.3, -0.25) is 0 Å². The van der Waals surface area contributed by atoms with Crippen LogP contribution in [0.5, 0.6) is 0 Å². The second-order valence-corrected chi connectivity index (χ2v) is 5.00. The van der Waals surface area contributed by atoms with Gasteiger partial charge in [-0.25, -0.2) is 0 Å². The maximum Gasteiger partial charge on any atom is 0.441 e. The van der Waals surface area contributed by atoms with E-state index in [1.807, 2.05) is 0 Å². The fourth-order valence-corrected chi connectivity index (χ4v) is 2.15. The first kappa shape index (κ1) is 14.1. The van der Waals surface area contributed by atoms with Gasteiger partial charge in [-0.15, -0.1) is 0 Å². The Hall–Kier alpha value is 0.0600. The Bertz CT molecular complexity index is 183. The summed E-state index contributed by atoms with van der Waals surface area (Å²) >= 11 is -0.0210. The van der Waals surface area contributed by atoms with Crippen molar-refractivity contribution in [1.82, 2.24) is 5.32 Å². The molecule has 0 aromatic carbocycles. The van der Waals surface area contributed by atoms with E-state index < -0.39 is 5.51 Å². The predicted octanol–water partition coefficient (Wildman–Crippen LogP) is 2.79. The summed E-state index contributed by atoms with van der Waals surface area (Å²) in [5.41, 5.74) is -4.13. The lowest BCUT2D eigenvalue weighted by Gasteiger charge is -2.23. The second kappa shape index (κ2) is 7.40. The van der Waals surface area contributed by atoms with Crippen molar-refractivity contribution in [3.63, 3.8) is 0 Å². The lowest BCUT2D eigenvalue weighted by Crippen LogP contribution is -2.34. The zero-order valence-corrected chi connectivity index (χ0v) is 10.0. The predicted molar refractivity (Wildman–Crippen MR) is 59.6 cm³/mol. The van der Waals surface area contributed by atoms with Gasteiger partial charge in [0.25, 0.3) is 0 Å². The number of hydrogen-bond donors (Lipinski definition) is 1. The van der Waals surface area contributed by atoms with Gasteiger partial charge in [0.2, 0.25) is 0 Å². The molecule has 0 spiro atoms. The van der Waals surface area contributed by atoms with Crippen LogP contribution in [-0.2, 0) is 4.74 Å². The topological polar surface area (TPSA) is 21.3 Å². The molecular weight excluding hydrogens is 239 g/mol. The van der Waals surface area contributed by atoms with Gasteiger partial charge in [-0.05, 0) is 37.6 Å². The number of halogens is 3. The minimum absolute atomic E-state index is 0.0123. The molecule has 0 aliphatic carbocycles. The SMILES string of the molecule is FC(F)(F)SCCOCCC1CCCCN1. The van der Waals surface area contributed by atoms with E-state index in [4.69, 9.17) is 4.74 Å². The Balaban J connectivity index is 1.87. The fourth-order valence-electron chi connectivity index (χ4n) is 1.71. The molecule has 1 aliphatic heterocycles. The van der Waals surface area contributed by atoms with Crippen LogP contribution < -0.4 is 5.32 Å². The molecule has 1 rings (SSSR count). The molecule has 1 saturated heterocycles. The Morgan fingerprint density at radius 2 is 2.06 bits per heavy atom. The molecule has 0 amide bonds. The van der Waals surface area contributed by atoms with Gasteiger partial charge in [0.1, 0.15) is 0 Å². The van der Waals surface area contributed by atoms with Crippen molar-refractivity contribution in [2.45, 2.75) is 37.2 Å². The van der Waals surface area contributed by atoms with Crippen molar-refractivity contribution < 1.29 is 17.9 Å². The van der Waals surface area contributed by atoms with Gasteiger partial charge >= 0.3 is 5.51 Å². The molecule has 0 saturated carbocycles. The van der Waals surface area contributed by atoms with Crippen LogP contribution in [0.2, 0.25) is 0 Å². The average Bonchev–Trinajstić information content (AvgIpc) is 2.23. The molecule has 1 aliphatic rings. The van der Waals surface area contributed by atoms with Gasteiger partial charge in [0, 0.05) is 18.4 Å². The van der Waals surface area contributed by atoms with Crippen LogP contribution in [0.25, 0.3) is 0 Å². The molecule has 2 nitrogen and oxygen atoms in total. The number of alkyl halides is 3. The molecule has 0 bridgehead atoms. The van der Waals surface area contributed by atoms with Crippen molar-refractivity contribution in [3.8, 4) is 0 Å². The van der Waals surface area contributed by atoms with Crippen LogP contribution >= 0.6 is 11.8 Å². The number of hydrogen-bond acceptors (Lipinski definition) is 3. The first-order chi connectivity index (χ1) is 7.58. The van der Waals surface area contributed by atoms with Crippen LogP contribution in [0.4, 0.5) is 13.2 Å². The van der Waals surface area contributed by atoms with Gasteiger partial charge in [0.15, 0.2) is 0 Å². The van der Waals surface area contributed by atoms with Crippen molar-refractivity contribution in [1.29, 1.82) is 0 Å². The lowest BCUT2D eigenvalue weighted by atomic mass is 10.0. The first-order valence-electron chi connectivity index (χ1n) is 5.60. The molecule has 0 radical (unpaired) electrons. The third-order valence-electron chi connectivity index (χ3n) is 2.52. The number of rotatable bonds is 6. The summed E-state index contributed by atoms with van der Waals surface area (Å²) in [7, 11) is 0. The molecule has 6 heteroatoms. The lowest BCUT2D eigenvalue weighted by molar-refractivity contribution is -0.0331. The maximum absolute atomic E-state index is 11.8. The Morgan fingerprint density at radius 1 is 1.25 bits per heavy atom. The second-order valence-electron chi connectivity index (χ2n) is 3.84. The van der Waals surface area contributed by atoms with Crippen molar-refractivity contribution in [3.05, 3.63) is 0 Å². The van der Waals surface area contributed by atoms with Crippen molar-refractivity contribution >= 4 is 11.8 Å². The van der Waals surface area contributed by atoms with E-state index in [9.17, 15) is 13.2 Å². The molecule has 1 heterocycles. The molecule has 1 unspecified atom stereocenters. The summed E-state index contributed by atoms with van der Waals surface area (Å²) in [6.07, 6.45) is 4.51. The summed E-state index contributed by atoms with van der Waals surface area (Å²) in [6.45, 7) is 1.78. The van der Waals surface area contributed by atoms with Gasteiger partial charge < -0.3 is 10.1 Å². The van der Waals surface area contributed by atoms with Crippen LogP contribution in [0.1, 0.15) is 25.7 Å². The third kappa shape index (κ3) is 7.35. The third-order valence-corrected chi connectivity index (χ3v) is 3.21. The quantitative estimate of drug-likeness (QED) is 0.739. The van der Waals surface area contributed by atoms with Gasteiger partial charge in [-0.1, -0.05) is 6.42 Å². The minimum Gasteiger partial charge on any atom is -0.381 e. The normalized spacial score (nSPS) is 22.3. The van der Waals surface area contributed by atoms with E-state index >= 15 is 0 Å². The summed E-state index contributed by atoms with van der Waals surface area (Å²) in [6, 6.07) is 0.490. The number of ether oxygens (including phenoxy) is 1. The number of piperidine rings is 1. The van der Waals surface area contributed by atoms with Crippen LogP contribution in [0.15, 0.2) is 0 Å². The van der Waals surface area contributed by atoms with E-state index in [1.165, 1.54) is 12.8 Å². The molecule has 96 valence electrons. The standard InChI is InChI=1S/C10H18F3NOS/c11-10(12,13)16-8-7-15-6-4-9-3-1-2-5-14-9/h9,14H,1-8H2. The average molecular weight is 257 g/mol. The highest BCUT2D eigenvalue weighted by atomic mass is 32.2. The molecule has 0 aromatic heterocycles. The minimum atomic E-state index is -4.13. The number of nitrogens with one attached hydrogen (secondary N) is 1. The zero-order chi connectivity index (χ0) is 11.9. The van der Waals surface area contributed by atoms with Gasteiger partial charge in [0.05, 0.1) is 6.61 Å². The van der Waals surface area contributed by atoms with Gasteiger partial charge in [-0.2, -0.15) is 13.2 Å². The first-order valence-corrected chi connectivity index (χ1v) is 6.58. The summed E-state index contributed by atoms with van der Waals surface area (Å²) < 4.78 is 40.4. The van der Waals surface area contributed by atoms with E-state index in [0.717, 1.165) is 19.4 Å². The highest BCUT2D eigenvalue weighted by Crippen LogP contribution is 2.29. The molecule has 16 heavy (non-hydrogen) atoms. The Kier molecular flexibility index (Phi) is 6.53. The zero-order valence-electron chi connectivity index (χ0n) is 9.18. The van der Waals surface area contributed by atoms with Crippen molar-refractivity contribution in [2.24, 2.45) is 0 Å². The number of thioether (sulfide) groups is 1. The highest BCUT2D eigenvalue weighted by Gasteiger charge is 2.27. The molecule has 1 fully saturated rings. The Labute approximate surface area is 98.3 Å². The van der Waals surface area contributed by atoms with E-state index in [1.54, 1.807) is 0 Å². The summed E-state index contributed by atoms with van der Waals surface area (Å²) in [5, 5.41) is 3.37.